The smallest absolute Gasteiger partial charge is 0.269 e. The Balaban J connectivity index is 1.68. The van der Waals surface area contributed by atoms with Crippen LogP contribution in [-0.2, 0) is 0 Å². The number of anilines is 1. The van der Waals surface area contributed by atoms with E-state index >= 15 is 0 Å². The fourth-order valence-corrected chi connectivity index (χ4v) is 3.05. The molecule has 0 saturated heterocycles. The summed E-state index contributed by atoms with van der Waals surface area (Å²) in [7, 11) is 0. The number of fused-ring (bicyclic) bond motifs is 3. The van der Waals surface area contributed by atoms with E-state index in [-0.39, 0.29) is 5.91 Å². The molecule has 0 bridgehead atoms. The Bertz CT molecular complexity index is 1080. The van der Waals surface area contributed by atoms with E-state index < -0.39 is 0 Å². The lowest BCUT2D eigenvalue weighted by Gasteiger charge is -2.12. The number of nitrogens with one attached hydrogen (secondary N) is 2. The van der Waals surface area contributed by atoms with Crippen molar-refractivity contribution < 1.29 is 4.79 Å². The molecule has 0 saturated carbocycles. The summed E-state index contributed by atoms with van der Waals surface area (Å²) in [4.78, 5) is 17.0. The summed E-state index contributed by atoms with van der Waals surface area (Å²) in [6.45, 7) is 0. The number of carbonyl (C=O) groups is 1. The number of benzene rings is 3. The predicted octanol–water partition coefficient (Wildman–Crippen LogP) is 4.91. The molecular weight excluding hydrogens is 378 g/mol. The highest BCUT2D eigenvalue weighted by Gasteiger charge is 2.09. The third-order valence-electron chi connectivity index (χ3n) is 4.01. The summed E-state index contributed by atoms with van der Waals surface area (Å²) in [6, 6.07) is 23.1. The number of carbonyl (C=O) groups excluding carboxylic acids is 1. The molecule has 4 nitrogen and oxygen atoms in total. The van der Waals surface area contributed by atoms with Crippen LogP contribution in [-0.4, -0.2) is 10.9 Å². The van der Waals surface area contributed by atoms with Crippen molar-refractivity contribution in [3.63, 3.8) is 0 Å². The molecule has 25 heavy (non-hydrogen) atoms. The standard InChI is InChI=1S/C20H14BrN3O/c21-14-11-9-13(10-12-14)20(25)24-23-19-17-7-2-1-5-15(17)16-6-3-4-8-18(16)22-19/h1-12H,(H,22,23)(H,24,25). The summed E-state index contributed by atoms with van der Waals surface area (Å²) in [6.07, 6.45) is 0. The number of nitrogens with zero attached hydrogens (tertiary/aromatic N) is 1. The number of pyridine rings is 1. The van der Waals surface area contributed by atoms with Gasteiger partial charge in [0.25, 0.3) is 5.91 Å². The highest BCUT2D eigenvalue weighted by Crippen LogP contribution is 2.28. The van der Waals surface area contributed by atoms with Crippen molar-refractivity contribution in [1.29, 1.82) is 0 Å². The molecule has 0 atom stereocenters. The van der Waals surface area contributed by atoms with Crippen molar-refractivity contribution in [2.24, 2.45) is 0 Å². The van der Waals surface area contributed by atoms with Crippen molar-refractivity contribution in [1.82, 2.24) is 10.4 Å². The van der Waals surface area contributed by atoms with Gasteiger partial charge in [0.05, 0.1) is 5.52 Å². The van der Waals surface area contributed by atoms with Crippen LogP contribution >= 0.6 is 15.9 Å². The van der Waals surface area contributed by atoms with Gasteiger partial charge in [0.1, 0.15) is 0 Å². The molecule has 1 heterocycles. The van der Waals surface area contributed by atoms with Gasteiger partial charge in [-0.1, -0.05) is 58.4 Å². The van der Waals surface area contributed by atoms with Gasteiger partial charge in [-0.05, 0) is 35.7 Å². The van der Waals surface area contributed by atoms with Crippen LogP contribution in [0, 0.1) is 0 Å². The first-order valence-electron chi connectivity index (χ1n) is 7.82. The minimum Gasteiger partial charge on any atom is -0.281 e. The van der Waals surface area contributed by atoms with E-state index in [4.69, 9.17) is 0 Å². The summed E-state index contributed by atoms with van der Waals surface area (Å²) in [5, 5.41) is 3.13. The van der Waals surface area contributed by atoms with Crippen molar-refractivity contribution in [3.8, 4) is 0 Å². The summed E-state index contributed by atoms with van der Waals surface area (Å²) < 4.78 is 0.930. The molecule has 0 aliphatic heterocycles. The molecule has 0 unspecified atom stereocenters. The quantitative estimate of drug-likeness (QED) is 0.385. The predicted molar refractivity (Wildman–Crippen MR) is 104 cm³/mol. The Morgan fingerprint density at radius 2 is 1.44 bits per heavy atom. The Kier molecular flexibility index (Phi) is 4.07. The lowest BCUT2D eigenvalue weighted by atomic mass is 10.1. The van der Waals surface area contributed by atoms with Crippen LogP contribution in [0.3, 0.4) is 0 Å². The van der Waals surface area contributed by atoms with E-state index in [1.54, 1.807) is 12.1 Å². The van der Waals surface area contributed by atoms with Crippen LogP contribution in [0.5, 0.6) is 0 Å². The van der Waals surface area contributed by atoms with Crippen LogP contribution < -0.4 is 10.9 Å². The number of aromatic nitrogens is 1. The molecule has 0 fully saturated rings. The van der Waals surface area contributed by atoms with Crippen LogP contribution in [0.15, 0.2) is 77.3 Å². The van der Waals surface area contributed by atoms with Gasteiger partial charge in [0, 0.05) is 20.8 Å². The van der Waals surface area contributed by atoms with Gasteiger partial charge >= 0.3 is 0 Å². The number of hydrogen-bond acceptors (Lipinski definition) is 3. The molecule has 1 amide bonds. The lowest BCUT2D eigenvalue weighted by molar-refractivity contribution is 0.0962. The number of halogens is 1. The van der Waals surface area contributed by atoms with Crippen LogP contribution in [0.1, 0.15) is 10.4 Å². The average molecular weight is 392 g/mol. The summed E-state index contributed by atoms with van der Waals surface area (Å²) >= 11 is 3.36. The average Bonchev–Trinajstić information content (AvgIpc) is 2.66. The van der Waals surface area contributed by atoms with E-state index in [9.17, 15) is 4.79 Å². The number of amides is 1. The monoisotopic (exact) mass is 391 g/mol. The van der Waals surface area contributed by atoms with Crippen molar-refractivity contribution in [3.05, 3.63) is 82.8 Å². The third kappa shape index (κ3) is 3.06. The molecule has 0 aliphatic rings. The maximum atomic E-state index is 12.3. The molecule has 0 aliphatic carbocycles. The third-order valence-corrected chi connectivity index (χ3v) is 4.54. The number of hydrazine groups is 1. The minimum absolute atomic E-state index is 0.216. The largest absolute Gasteiger partial charge is 0.281 e. The zero-order valence-electron chi connectivity index (χ0n) is 13.2. The van der Waals surface area contributed by atoms with E-state index in [1.807, 2.05) is 48.5 Å². The van der Waals surface area contributed by atoms with Crippen LogP contribution in [0.4, 0.5) is 5.82 Å². The summed E-state index contributed by atoms with van der Waals surface area (Å²) in [5.41, 5.74) is 7.14. The molecule has 3 aromatic carbocycles. The number of hydrogen-bond donors (Lipinski definition) is 2. The SMILES string of the molecule is O=C(NNc1nc2ccccc2c2ccccc12)c1ccc(Br)cc1. The molecule has 1 aromatic heterocycles. The fourth-order valence-electron chi connectivity index (χ4n) is 2.79. The fraction of sp³-hybridized carbons (Fsp3) is 0. The van der Waals surface area contributed by atoms with Crippen molar-refractivity contribution in [2.75, 3.05) is 5.43 Å². The molecule has 0 radical (unpaired) electrons. The first-order valence-corrected chi connectivity index (χ1v) is 8.61. The molecular formula is C20H14BrN3O. The van der Waals surface area contributed by atoms with Gasteiger partial charge < -0.3 is 0 Å². The maximum Gasteiger partial charge on any atom is 0.269 e. The highest BCUT2D eigenvalue weighted by atomic mass is 79.9. The molecule has 4 aromatic rings. The van der Waals surface area contributed by atoms with Crippen LogP contribution in [0.2, 0.25) is 0 Å². The second-order valence-electron chi connectivity index (χ2n) is 5.61. The maximum absolute atomic E-state index is 12.3. The van der Waals surface area contributed by atoms with Gasteiger partial charge in [-0.3, -0.25) is 15.6 Å². The van der Waals surface area contributed by atoms with Crippen molar-refractivity contribution in [2.45, 2.75) is 0 Å². The normalized spacial score (nSPS) is 10.8. The Morgan fingerprint density at radius 3 is 2.20 bits per heavy atom. The second-order valence-corrected chi connectivity index (χ2v) is 6.52. The van der Waals surface area contributed by atoms with Gasteiger partial charge in [0.2, 0.25) is 0 Å². The Morgan fingerprint density at radius 1 is 0.800 bits per heavy atom. The number of rotatable bonds is 3. The Labute approximate surface area is 153 Å². The first-order chi connectivity index (χ1) is 12.2. The topological polar surface area (TPSA) is 54.0 Å². The molecule has 0 spiro atoms. The van der Waals surface area contributed by atoms with Gasteiger partial charge in [0.15, 0.2) is 5.82 Å². The Hall–Kier alpha value is -2.92. The molecule has 122 valence electrons. The zero-order chi connectivity index (χ0) is 17.2. The van der Waals surface area contributed by atoms with Gasteiger partial charge in [-0.2, -0.15) is 0 Å². The molecule has 4 rings (SSSR count). The lowest BCUT2D eigenvalue weighted by Crippen LogP contribution is -2.29. The number of para-hydroxylation sites is 1. The molecule has 5 heteroatoms. The first kappa shape index (κ1) is 15.6. The van der Waals surface area contributed by atoms with Gasteiger partial charge in [-0.15, -0.1) is 0 Å². The summed E-state index contributed by atoms with van der Waals surface area (Å²) in [5.74, 6) is 0.409. The van der Waals surface area contributed by atoms with E-state index in [2.05, 4.69) is 43.9 Å². The van der Waals surface area contributed by atoms with Gasteiger partial charge in [-0.25, -0.2) is 4.98 Å². The molecule has 2 N–H and O–H groups in total. The highest BCUT2D eigenvalue weighted by molar-refractivity contribution is 9.10. The van der Waals surface area contributed by atoms with Crippen LogP contribution in [0.25, 0.3) is 21.7 Å². The second kappa shape index (κ2) is 6.53. The van der Waals surface area contributed by atoms with E-state index in [0.29, 0.717) is 11.4 Å². The van der Waals surface area contributed by atoms with Crippen molar-refractivity contribution >= 4 is 49.3 Å². The van der Waals surface area contributed by atoms with E-state index in [1.165, 1.54) is 0 Å². The zero-order valence-corrected chi connectivity index (χ0v) is 14.7. The minimum atomic E-state index is -0.216. The van der Waals surface area contributed by atoms with E-state index in [0.717, 1.165) is 26.1 Å².